The van der Waals surface area contributed by atoms with Crippen molar-refractivity contribution in [3.63, 3.8) is 0 Å². The zero-order valence-corrected chi connectivity index (χ0v) is 17.6. The summed E-state index contributed by atoms with van der Waals surface area (Å²) in [5.41, 5.74) is 0.519. The van der Waals surface area contributed by atoms with Gasteiger partial charge < -0.3 is 14.4 Å². The Labute approximate surface area is 177 Å². The molecular weight excluding hydrogens is 462 g/mol. The summed E-state index contributed by atoms with van der Waals surface area (Å²) >= 11 is 3.30. The lowest BCUT2D eigenvalue weighted by Gasteiger charge is -2.27. The molecule has 9 heteroatoms. The predicted molar refractivity (Wildman–Crippen MR) is 111 cm³/mol. The molecule has 29 heavy (non-hydrogen) atoms. The normalized spacial score (nSPS) is 16.9. The summed E-state index contributed by atoms with van der Waals surface area (Å²) in [6, 6.07) is 14.9. The largest absolute Gasteiger partial charge is 0.482 e. The van der Waals surface area contributed by atoms with Crippen LogP contribution in [0.4, 0.5) is 5.69 Å². The van der Waals surface area contributed by atoms with Crippen LogP contribution in [-0.2, 0) is 24.2 Å². The van der Waals surface area contributed by atoms with E-state index in [1.165, 1.54) is 11.0 Å². The van der Waals surface area contributed by atoms with E-state index in [9.17, 15) is 18.0 Å². The van der Waals surface area contributed by atoms with Gasteiger partial charge in [-0.3, -0.25) is 4.79 Å². The van der Waals surface area contributed by atoms with Gasteiger partial charge in [-0.1, -0.05) is 40.2 Å². The summed E-state index contributed by atoms with van der Waals surface area (Å²) in [6.45, 7) is -0.882. The van der Waals surface area contributed by atoms with Gasteiger partial charge in [-0.2, -0.15) is 0 Å². The van der Waals surface area contributed by atoms with Gasteiger partial charge >= 0.3 is 5.97 Å². The summed E-state index contributed by atoms with van der Waals surface area (Å²) < 4.78 is 34.7. The smallest absolute Gasteiger partial charge is 0.344 e. The van der Waals surface area contributed by atoms with Crippen molar-refractivity contribution in [2.24, 2.45) is 0 Å². The molecule has 0 fully saturated rings. The SMILES string of the molecule is O=C(COc1cccc(Br)c1)OCC(=O)N(c1ccccc1)C1C=CS(=O)(=O)C1. The highest BCUT2D eigenvalue weighted by Gasteiger charge is 2.31. The van der Waals surface area contributed by atoms with Crippen LogP contribution in [0.15, 0.2) is 70.6 Å². The second-order valence-corrected chi connectivity index (χ2v) is 9.08. The van der Waals surface area contributed by atoms with Crippen LogP contribution in [0.3, 0.4) is 0 Å². The Morgan fingerprint density at radius 2 is 1.83 bits per heavy atom. The van der Waals surface area contributed by atoms with E-state index in [-0.39, 0.29) is 12.4 Å². The molecule has 0 aliphatic carbocycles. The van der Waals surface area contributed by atoms with Gasteiger partial charge in [0.2, 0.25) is 0 Å². The summed E-state index contributed by atoms with van der Waals surface area (Å²) in [5.74, 6) is -0.970. The Balaban J connectivity index is 1.61. The fourth-order valence-corrected chi connectivity index (χ4v) is 4.43. The maximum Gasteiger partial charge on any atom is 0.344 e. The number of carbonyl (C=O) groups is 2. The topological polar surface area (TPSA) is 90.0 Å². The molecule has 0 aromatic heterocycles. The van der Waals surface area contributed by atoms with Gasteiger partial charge in [0, 0.05) is 15.6 Å². The number of nitrogens with zero attached hydrogens (tertiary/aromatic N) is 1. The molecule has 0 spiro atoms. The van der Waals surface area contributed by atoms with Crippen LogP contribution in [0.2, 0.25) is 0 Å². The number of benzene rings is 2. The van der Waals surface area contributed by atoms with Gasteiger partial charge in [0.1, 0.15) is 5.75 Å². The van der Waals surface area contributed by atoms with Gasteiger partial charge in [0.05, 0.1) is 11.8 Å². The first kappa shape index (κ1) is 21.1. The van der Waals surface area contributed by atoms with Gasteiger partial charge in [-0.05, 0) is 36.4 Å². The summed E-state index contributed by atoms with van der Waals surface area (Å²) in [4.78, 5) is 26.0. The van der Waals surface area contributed by atoms with Crippen LogP contribution in [0.25, 0.3) is 0 Å². The Morgan fingerprint density at radius 3 is 2.48 bits per heavy atom. The molecule has 0 bridgehead atoms. The minimum atomic E-state index is -3.36. The third kappa shape index (κ3) is 5.91. The molecule has 1 unspecified atom stereocenters. The highest BCUT2D eigenvalue weighted by Crippen LogP contribution is 2.23. The molecule has 2 aromatic carbocycles. The van der Waals surface area contributed by atoms with E-state index in [2.05, 4.69) is 15.9 Å². The molecule has 7 nitrogen and oxygen atoms in total. The third-order valence-corrected chi connectivity index (χ3v) is 5.93. The number of anilines is 1. The maximum absolute atomic E-state index is 12.7. The number of sulfone groups is 1. The molecular formula is C20H18BrNO6S. The zero-order valence-electron chi connectivity index (χ0n) is 15.2. The first-order valence-corrected chi connectivity index (χ1v) is 11.2. The number of hydrogen-bond acceptors (Lipinski definition) is 6. The second-order valence-electron chi connectivity index (χ2n) is 6.23. The molecule has 152 valence electrons. The second kappa shape index (κ2) is 9.23. The quantitative estimate of drug-likeness (QED) is 0.567. The number of hydrogen-bond donors (Lipinski definition) is 0. The van der Waals surface area contributed by atoms with Crippen LogP contribution >= 0.6 is 15.9 Å². The van der Waals surface area contributed by atoms with E-state index in [1.807, 2.05) is 6.07 Å². The number of para-hydroxylation sites is 1. The number of rotatable bonds is 7. The Bertz CT molecular complexity index is 1020. The van der Waals surface area contributed by atoms with Crippen LogP contribution in [0, 0.1) is 0 Å². The molecule has 1 heterocycles. The van der Waals surface area contributed by atoms with Gasteiger partial charge in [-0.25, -0.2) is 13.2 Å². The van der Waals surface area contributed by atoms with E-state index in [0.717, 1.165) is 9.88 Å². The minimum Gasteiger partial charge on any atom is -0.482 e. The Hall–Kier alpha value is -2.65. The van der Waals surface area contributed by atoms with Gasteiger partial charge in [0.15, 0.2) is 23.1 Å². The van der Waals surface area contributed by atoms with E-state index >= 15 is 0 Å². The lowest BCUT2D eigenvalue weighted by atomic mass is 10.2. The monoisotopic (exact) mass is 479 g/mol. The van der Waals surface area contributed by atoms with E-state index in [0.29, 0.717) is 11.4 Å². The van der Waals surface area contributed by atoms with Crippen LogP contribution in [-0.4, -0.2) is 45.3 Å². The van der Waals surface area contributed by atoms with E-state index < -0.39 is 34.4 Å². The third-order valence-electron chi connectivity index (χ3n) is 4.06. The molecule has 0 radical (unpaired) electrons. The molecule has 1 amide bonds. The van der Waals surface area contributed by atoms with Crippen molar-refractivity contribution < 1.29 is 27.5 Å². The number of halogens is 1. The van der Waals surface area contributed by atoms with Crippen LogP contribution in [0.1, 0.15) is 0 Å². The van der Waals surface area contributed by atoms with Crippen molar-refractivity contribution in [1.29, 1.82) is 0 Å². The van der Waals surface area contributed by atoms with Crippen LogP contribution < -0.4 is 9.64 Å². The number of ether oxygens (including phenoxy) is 2. The van der Waals surface area contributed by atoms with Crippen molar-refractivity contribution in [2.75, 3.05) is 23.9 Å². The summed E-state index contributed by atoms with van der Waals surface area (Å²) in [6.07, 6.45) is 1.46. The summed E-state index contributed by atoms with van der Waals surface area (Å²) in [7, 11) is -3.36. The molecule has 3 rings (SSSR count). The standard InChI is InChI=1S/C20H18BrNO6S/c21-15-5-4-8-18(11-15)27-13-20(24)28-12-19(23)22(16-6-2-1-3-7-16)17-9-10-29(25,26)14-17/h1-11,17H,12-14H2. The maximum atomic E-state index is 12.7. The fraction of sp³-hybridized carbons (Fsp3) is 0.200. The summed E-state index contributed by atoms with van der Waals surface area (Å²) in [5, 5.41) is 1.10. The van der Waals surface area contributed by atoms with Crippen molar-refractivity contribution >= 4 is 43.3 Å². The Morgan fingerprint density at radius 1 is 1.07 bits per heavy atom. The van der Waals surface area contributed by atoms with E-state index in [1.54, 1.807) is 48.5 Å². The molecule has 0 saturated heterocycles. The van der Waals surface area contributed by atoms with E-state index in [4.69, 9.17) is 9.47 Å². The van der Waals surface area contributed by atoms with Crippen molar-refractivity contribution in [2.45, 2.75) is 6.04 Å². The average Bonchev–Trinajstić information content (AvgIpc) is 3.05. The molecule has 1 aliphatic heterocycles. The van der Waals surface area contributed by atoms with Crippen molar-refractivity contribution in [1.82, 2.24) is 0 Å². The molecule has 1 atom stereocenters. The molecule has 2 aromatic rings. The number of amides is 1. The number of carbonyl (C=O) groups excluding carboxylic acids is 2. The fourth-order valence-electron chi connectivity index (χ4n) is 2.78. The van der Waals surface area contributed by atoms with Crippen LogP contribution in [0.5, 0.6) is 5.75 Å². The highest BCUT2D eigenvalue weighted by atomic mass is 79.9. The lowest BCUT2D eigenvalue weighted by Crippen LogP contribution is -2.43. The first-order chi connectivity index (χ1) is 13.8. The zero-order chi connectivity index (χ0) is 20.9. The van der Waals surface area contributed by atoms with Gasteiger partial charge in [0.25, 0.3) is 5.91 Å². The minimum absolute atomic E-state index is 0.215. The van der Waals surface area contributed by atoms with Crippen molar-refractivity contribution in [3.05, 3.63) is 70.6 Å². The number of esters is 1. The highest BCUT2D eigenvalue weighted by molar-refractivity contribution is 9.10. The lowest BCUT2D eigenvalue weighted by molar-refractivity contribution is -0.149. The molecule has 0 N–H and O–H groups in total. The first-order valence-electron chi connectivity index (χ1n) is 8.66. The average molecular weight is 480 g/mol. The Kier molecular flexibility index (Phi) is 6.71. The molecule has 1 aliphatic rings. The van der Waals surface area contributed by atoms with Gasteiger partial charge in [-0.15, -0.1) is 0 Å². The predicted octanol–water partition coefficient (Wildman–Crippen LogP) is 2.72. The molecule has 0 saturated carbocycles. The van der Waals surface area contributed by atoms with Crippen molar-refractivity contribution in [3.8, 4) is 5.75 Å².